The highest BCUT2D eigenvalue weighted by Crippen LogP contribution is 2.27. The van der Waals surface area contributed by atoms with Crippen LogP contribution in [0.5, 0.6) is 0 Å². The Morgan fingerprint density at radius 2 is 1.89 bits per heavy atom. The van der Waals surface area contributed by atoms with Crippen LogP contribution in [-0.4, -0.2) is 32.5 Å². The van der Waals surface area contributed by atoms with Crippen molar-refractivity contribution in [2.75, 3.05) is 0 Å². The van der Waals surface area contributed by atoms with Crippen LogP contribution in [0.1, 0.15) is 48.0 Å². The van der Waals surface area contributed by atoms with Gasteiger partial charge in [0.2, 0.25) is 5.78 Å². The monoisotopic (exact) mass is 468 g/mol. The molecule has 1 N–H and O–H groups in total. The fourth-order valence-electron chi connectivity index (χ4n) is 4.00. The maximum absolute atomic E-state index is 13.2. The number of para-hydroxylation sites is 1. The maximum atomic E-state index is 13.2. The molecule has 178 valence electrons. The molecule has 6 heteroatoms. The Morgan fingerprint density at radius 3 is 2.69 bits per heavy atom. The van der Waals surface area contributed by atoms with Crippen molar-refractivity contribution in [2.45, 2.75) is 39.0 Å². The quantitative estimate of drug-likeness (QED) is 0.319. The number of carboxylic acids is 1. The molecule has 0 radical (unpaired) electrons. The number of nitrogens with zero attached hydrogens (tertiary/aromatic N) is 2. The van der Waals surface area contributed by atoms with Gasteiger partial charge in [0.1, 0.15) is 0 Å². The third-order valence-corrected chi connectivity index (χ3v) is 5.93. The van der Waals surface area contributed by atoms with E-state index in [1.807, 2.05) is 103 Å². The molecule has 0 aliphatic rings. The standard InChI is InChI=1S/C29H28N2O4/c1-20(28(33)34)35-29(2,3)24-12-6-9-21(17-24)10-7-15-31-16-8-14-26(31)27(32)23-18-22-11-4-5-13-25(22)30-19-23/h4-14,16-20H,15H2,1-3H3,(H,33,34)/b10-7+/t20-/m1/s1. The average Bonchev–Trinajstić information content (AvgIpc) is 3.31. The van der Waals surface area contributed by atoms with Gasteiger partial charge in [0.25, 0.3) is 0 Å². The molecule has 35 heavy (non-hydrogen) atoms. The largest absolute Gasteiger partial charge is 0.479 e. The van der Waals surface area contributed by atoms with Crippen molar-refractivity contribution in [1.82, 2.24) is 9.55 Å². The highest BCUT2D eigenvalue weighted by atomic mass is 16.5. The highest BCUT2D eigenvalue weighted by molar-refractivity contribution is 6.09. The van der Waals surface area contributed by atoms with Crippen LogP contribution in [0.15, 0.2) is 85.2 Å². The number of pyridine rings is 1. The normalized spacial score (nSPS) is 12.8. The number of ketones is 1. The van der Waals surface area contributed by atoms with Crippen LogP contribution in [0, 0.1) is 0 Å². The van der Waals surface area contributed by atoms with Gasteiger partial charge in [0.05, 0.1) is 16.8 Å². The Kier molecular flexibility index (Phi) is 6.94. The van der Waals surface area contributed by atoms with Gasteiger partial charge in [-0.3, -0.25) is 9.78 Å². The number of hydrogen-bond donors (Lipinski definition) is 1. The van der Waals surface area contributed by atoms with Crippen molar-refractivity contribution in [1.29, 1.82) is 0 Å². The second-order valence-electron chi connectivity index (χ2n) is 8.93. The van der Waals surface area contributed by atoms with Gasteiger partial charge >= 0.3 is 5.97 Å². The minimum absolute atomic E-state index is 0.0740. The Morgan fingerprint density at radius 1 is 1.09 bits per heavy atom. The summed E-state index contributed by atoms with van der Waals surface area (Å²) in [5.74, 6) is -1.07. The molecule has 0 spiro atoms. The van der Waals surface area contributed by atoms with Crippen LogP contribution in [0.4, 0.5) is 0 Å². The molecule has 0 aliphatic carbocycles. The molecule has 0 saturated carbocycles. The topological polar surface area (TPSA) is 81.4 Å². The molecule has 2 heterocycles. The van der Waals surface area contributed by atoms with E-state index in [0.29, 0.717) is 17.8 Å². The van der Waals surface area contributed by atoms with Crippen molar-refractivity contribution in [2.24, 2.45) is 0 Å². The van der Waals surface area contributed by atoms with Gasteiger partial charge < -0.3 is 14.4 Å². The molecule has 2 aromatic heterocycles. The third-order valence-electron chi connectivity index (χ3n) is 5.93. The first-order chi connectivity index (χ1) is 16.7. The predicted molar refractivity (Wildman–Crippen MR) is 136 cm³/mol. The molecule has 1 atom stereocenters. The van der Waals surface area contributed by atoms with Gasteiger partial charge in [-0.25, -0.2) is 4.79 Å². The van der Waals surface area contributed by atoms with E-state index in [9.17, 15) is 9.59 Å². The van der Waals surface area contributed by atoms with Gasteiger partial charge in [0, 0.05) is 29.9 Å². The van der Waals surface area contributed by atoms with Crippen molar-refractivity contribution in [3.8, 4) is 0 Å². The lowest BCUT2D eigenvalue weighted by molar-refractivity contribution is -0.160. The smallest absolute Gasteiger partial charge is 0.332 e. The molecule has 2 aromatic carbocycles. The summed E-state index contributed by atoms with van der Waals surface area (Å²) >= 11 is 0. The first-order valence-corrected chi connectivity index (χ1v) is 11.5. The maximum Gasteiger partial charge on any atom is 0.332 e. The molecule has 4 rings (SSSR count). The van der Waals surface area contributed by atoms with Gasteiger partial charge in [-0.15, -0.1) is 0 Å². The number of aromatic nitrogens is 2. The molecule has 0 unspecified atom stereocenters. The summed E-state index contributed by atoms with van der Waals surface area (Å²) in [6.07, 6.45) is 6.56. The molecular weight excluding hydrogens is 440 g/mol. The predicted octanol–water partition coefficient (Wildman–Crippen LogP) is 5.71. The van der Waals surface area contributed by atoms with Crippen molar-refractivity contribution >= 4 is 28.7 Å². The SMILES string of the molecule is C[C@@H](OC(C)(C)c1cccc(/C=C/Cn2cccc2C(=O)c2cnc3ccccc3c2)c1)C(=O)O. The Balaban J connectivity index is 1.48. The number of aliphatic carboxylic acids is 1. The number of carboxylic acid groups (broad SMARTS) is 1. The number of carbonyl (C=O) groups is 2. The van der Waals surface area contributed by atoms with E-state index in [-0.39, 0.29) is 5.78 Å². The van der Waals surface area contributed by atoms with Gasteiger partial charge in [-0.05, 0) is 62.2 Å². The first-order valence-electron chi connectivity index (χ1n) is 11.5. The van der Waals surface area contributed by atoms with Crippen molar-refractivity contribution in [3.63, 3.8) is 0 Å². The summed E-state index contributed by atoms with van der Waals surface area (Å²) in [6.45, 7) is 5.76. The second-order valence-corrected chi connectivity index (χ2v) is 8.93. The second kappa shape index (κ2) is 10.1. The summed E-state index contributed by atoms with van der Waals surface area (Å²) in [5.41, 5.74) is 3.09. The molecular formula is C29H28N2O4. The Bertz CT molecular complexity index is 1400. The number of hydrogen-bond acceptors (Lipinski definition) is 4. The zero-order chi connectivity index (χ0) is 25.0. The molecule has 0 fully saturated rings. The summed E-state index contributed by atoms with van der Waals surface area (Å²) in [6, 6.07) is 21.1. The summed E-state index contributed by atoms with van der Waals surface area (Å²) in [7, 11) is 0. The number of fused-ring (bicyclic) bond motifs is 1. The van der Waals surface area contributed by atoms with E-state index >= 15 is 0 Å². The Hall–Kier alpha value is -4.03. The van der Waals surface area contributed by atoms with E-state index in [1.165, 1.54) is 6.92 Å². The minimum atomic E-state index is -0.995. The Labute approximate surface area is 204 Å². The minimum Gasteiger partial charge on any atom is -0.479 e. The summed E-state index contributed by atoms with van der Waals surface area (Å²) in [4.78, 5) is 28.8. The molecule has 0 aliphatic heterocycles. The average molecular weight is 469 g/mol. The summed E-state index contributed by atoms with van der Waals surface area (Å²) < 4.78 is 7.65. The fraction of sp³-hybridized carbons (Fsp3) is 0.207. The van der Waals surface area contributed by atoms with Gasteiger partial charge in [0.15, 0.2) is 6.10 Å². The van der Waals surface area contributed by atoms with E-state index in [2.05, 4.69) is 4.98 Å². The fourth-order valence-corrected chi connectivity index (χ4v) is 4.00. The van der Waals surface area contributed by atoms with Crippen LogP contribution in [0.25, 0.3) is 17.0 Å². The lowest BCUT2D eigenvalue weighted by Crippen LogP contribution is -2.31. The first kappa shape index (κ1) is 24.1. The van der Waals surface area contributed by atoms with Crippen molar-refractivity contribution in [3.05, 3.63) is 108 Å². The molecule has 0 amide bonds. The molecule has 6 nitrogen and oxygen atoms in total. The highest BCUT2D eigenvalue weighted by Gasteiger charge is 2.27. The van der Waals surface area contributed by atoms with Crippen LogP contribution < -0.4 is 0 Å². The van der Waals surface area contributed by atoms with Crippen LogP contribution in [0.3, 0.4) is 0 Å². The van der Waals surface area contributed by atoms with E-state index in [1.54, 1.807) is 6.20 Å². The zero-order valence-electron chi connectivity index (χ0n) is 20.0. The van der Waals surface area contributed by atoms with E-state index in [4.69, 9.17) is 9.84 Å². The molecule has 4 aromatic rings. The van der Waals surface area contributed by atoms with Crippen LogP contribution in [-0.2, 0) is 21.7 Å². The lowest BCUT2D eigenvalue weighted by Gasteiger charge is -2.28. The van der Waals surface area contributed by atoms with Gasteiger partial charge in [-0.2, -0.15) is 0 Å². The number of allylic oxidation sites excluding steroid dienone is 1. The third kappa shape index (κ3) is 5.55. The number of carbonyl (C=O) groups excluding carboxylic acids is 1. The van der Waals surface area contributed by atoms with E-state index < -0.39 is 17.7 Å². The number of rotatable bonds is 9. The summed E-state index contributed by atoms with van der Waals surface area (Å²) in [5, 5.41) is 10.1. The van der Waals surface area contributed by atoms with Gasteiger partial charge in [-0.1, -0.05) is 48.6 Å². The lowest BCUT2D eigenvalue weighted by atomic mass is 9.95. The number of benzene rings is 2. The molecule has 0 bridgehead atoms. The van der Waals surface area contributed by atoms with E-state index in [0.717, 1.165) is 22.0 Å². The zero-order valence-corrected chi connectivity index (χ0v) is 20.0. The molecule has 0 saturated heterocycles. The number of ether oxygens (including phenoxy) is 1. The van der Waals surface area contributed by atoms with Crippen LogP contribution >= 0.6 is 0 Å². The van der Waals surface area contributed by atoms with Crippen LogP contribution in [0.2, 0.25) is 0 Å². The van der Waals surface area contributed by atoms with Crippen molar-refractivity contribution < 1.29 is 19.4 Å².